The van der Waals surface area contributed by atoms with E-state index in [4.69, 9.17) is 16.3 Å². The number of halogens is 1. The first kappa shape index (κ1) is 14.4. The molecule has 1 unspecified atom stereocenters. The lowest BCUT2D eigenvalue weighted by molar-refractivity contribution is 0.343. The van der Waals surface area contributed by atoms with E-state index in [-0.39, 0.29) is 0 Å². The molecular weight excluding hydrogens is 258 g/mol. The van der Waals surface area contributed by atoms with Crippen LogP contribution >= 0.6 is 11.6 Å². The minimum atomic E-state index is 0.474. The molecule has 1 aromatic carbocycles. The molecule has 0 aliphatic heterocycles. The van der Waals surface area contributed by atoms with Crippen molar-refractivity contribution in [1.82, 2.24) is 5.32 Å². The Morgan fingerprint density at radius 2 is 2.37 bits per heavy atom. The number of hydrogen-bond donors (Lipinski definition) is 1. The molecule has 2 rings (SSSR count). The van der Waals surface area contributed by atoms with Gasteiger partial charge in [-0.15, -0.1) is 0 Å². The molecule has 0 amide bonds. The van der Waals surface area contributed by atoms with Gasteiger partial charge in [0.15, 0.2) is 0 Å². The van der Waals surface area contributed by atoms with Gasteiger partial charge < -0.3 is 10.1 Å². The summed E-state index contributed by atoms with van der Waals surface area (Å²) in [7, 11) is 0. The van der Waals surface area contributed by atoms with E-state index in [1.807, 2.05) is 6.92 Å². The molecule has 0 saturated carbocycles. The zero-order chi connectivity index (χ0) is 13.7. The van der Waals surface area contributed by atoms with Gasteiger partial charge in [0.2, 0.25) is 0 Å². The Balaban J connectivity index is 2.19. The van der Waals surface area contributed by atoms with E-state index >= 15 is 0 Å². The second-order valence-electron chi connectivity index (χ2n) is 5.07. The number of fused-ring (bicyclic) bond motifs is 1. The highest BCUT2D eigenvalue weighted by atomic mass is 35.5. The zero-order valence-electron chi connectivity index (χ0n) is 11.7. The lowest BCUT2D eigenvalue weighted by Gasteiger charge is -2.27. The molecule has 0 spiro atoms. The Morgan fingerprint density at radius 1 is 1.53 bits per heavy atom. The maximum atomic E-state index is 5.90. The highest BCUT2D eigenvalue weighted by Gasteiger charge is 2.21. The van der Waals surface area contributed by atoms with E-state index in [1.54, 1.807) is 5.54 Å². The number of hydrogen-bond acceptors (Lipinski definition) is 2. The molecule has 19 heavy (non-hydrogen) atoms. The molecule has 3 heteroatoms. The molecule has 1 atom stereocenters. The van der Waals surface area contributed by atoms with Crippen LogP contribution in [0.5, 0.6) is 5.75 Å². The topological polar surface area (TPSA) is 21.3 Å². The first-order chi connectivity index (χ1) is 9.26. The summed E-state index contributed by atoms with van der Waals surface area (Å²) in [6.45, 7) is 5.70. The monoisotopic (exact) mass is 279 g/mol. The first-order valence-electron chi connectivity index (χ1n) is 7.00. The highest BCUT2D eigenvalue weighted by molar-refractivity contribution is 6.25. The van der Waals surface area contributed by atoms with Crippen molar-refractivity contribution in [3.63, 3.8) is 0 Å². The molecule has 2 nitrogen and oxygen atoms in total. The van der Waals surface area contributed by atoms with Crippen molar-refractivity contribution >= 4 is 11.6 Å². The van der Waals surface area contributed by atoms with E-state index in [1.165, 1.54) is 24.0 Å². The molecule has 1 aromatic rings. The third kappa shape index (κ3) is 3.52. The van der Waals surface area contributed by atoms with Crippen LogP contribution in [0, 0.1) is 0 Å². The van der Waals surface area contributed by atoms with Crippen LogP contribution in [0.15, 0.2) is 29.3 Å². The number of ether oxygens (including phenoxy) is 1. The van der Waals surface area contributed by atoms with Crippen molar-refractivity contribution in [2.45, 2.75) is 39.2 Å². The van der Waals surface area contributed by atoms with Crippen molar-refractivity contribution in [3.05, 3.63) is 40.4 Å². The van der Waals surface area contributed by atoms with Crippen LogP contribution in [0.1, 0.15) is 43.9 Å². The molecule has 0 aromatic heterocycles. The summed E-state index contributed by atoms with van der Waals surface area (Å²) >= 11 is 5.67. The zero-order valence-corrected chi connectivity index (χ0v) is 12.5. The van der Waals surface area contributed by atoms with Gasteiger partial charge in [-0.05, 0) is 55.5 Å². The Labute approximate surface area is 120 Å². The number of benzene rings is 1. The highest BCUT2D eigenvalue weighted by Crippen LogP contribution is 2.35. The van der Waals surface area contributed by atoms with Crippen molar-refractivity contribution in [3.8, 4) is 5.75 Å². The standard InChI is InChI=1S/C16H22ClNO/c1-3-18-15-8-4-7-14-13(15)6-5-9-16(14)19-11-12(2)10-17/h5-6,9-10,15,18H,3-4,7-8,11H2,1-2H3/b12-10+. The average molecular weight is 280 g/mol. The largest absolute Gasteiger partial charge is 0.489 e. The second kappa shape index (κ2) is 6.97. The van der Waals surface area contributed by atoms with Gasteiger partial charge in [-0.2, -0.15) is 0 Å². The van der Waals surface area contributed by atoms with Crippen LogP contribution in [-0.4, -0.2) is 13.2 Å². The third-order valence-corrected chi connectivity index (χ3v) is 3.93. The Bertz CT molecular complexity index is 456. The molecular formula is C16H22ClNO. The first-order valence-corrected chi connectivity index (χ1v) is 7.43. The average Bonchev–Trinajstić information content (AvgIpc) is 2.45. The fourth-order valence-electron chi connectivity index (χ4n) is 2.63. The summed E-state index contributed by atoms with van der Waals surface area (Å²) in [6, 6.07) is 6.85. The lowest BCUT2D eigenvalue weighted by Crippen LogP contribution is -2.25. The van der Waals surface area contributed by atoms with Gasteiger partial charge in [0.25, 0.3) is 0 Å². The summed E-state index contributed by atoms with van der Waals surface area (Å²) in [4.78, 5) is 0. The molecule has 1 N–H and O–H groups in total. The predicted octanol–water partition coefficient (Wildman–Crippen LogP) is 4.19. The minimum Gasteiger partial charge on any atom is -0.489 e. The smallest absolute Gasteiger partial charge is 0.123 e. The van der Waals surface area contributed by atoms with E-state index in [9.17, 15) is 0 Å². The third-order valence-electron chi connectivity index (χ3n) is 3.56. The van der Waals surface area contributed by atoms with Crippen LogP contribution < -0.4 is 10.1 Å². The summed E-state index contributed by atoms with van der Waals surface area (Å²) in [5.74, 6) is 1.01. The Hall–Kier alpha value is -0.990. The number of nitrogens with one attached hydrogen (secondary N) is 1. The second-order valence-corrected chi connectivity index (χ2v) is 5.29. The van der Waals surface area contributed by atoms with E-state index in [2.05, 4.69) is 30.4 Å². The maximum absolute atomic E-state index is 5.90. The van der Waals surface area contributed by atoms with Crippen molar-refractivity contribution in [1.29, 1.82) is 0 Å². The van der Waals surface area contributed by atoms with Crippen LogP contribution in [0.3, 0.4) is 0 Å². The van der Waals surface area contributed by atoms with E-state index in [0.29, 0.717) is 12.6 Å². The van der Waals surface area contributed by atoms with Crippen LogP contribution in [-0.2, 0) is 6.42 Å². The molecule has 0 radical (unpaired) electrons. The summed E-state index contributed by atoms with van der Waals surface area (Å²) in [5, 5.41) is 3.56. The summed E-state index contributed by atoms with van der Waals surface area (Å²) in [6.07, 6.45) is 3.54. The van der Waals surface area contributed by atoms with Gasteiger partial charge in [-0.25, -0.2) is 0 Å². The quantitative estimate of drug-likeness (QED) is 0.872. The molecule has 104 valence electrons. The van der Waals surface area contributed by atoms with Gasteiger partial charge in [0.05, 0.1) is 0 Å². The van der Waals surface area contributed by atoms with Gasteiger partial charge in [0.1, 0.15) is 12.4 Å². The normalized spacial score (nSPS) is 19.1. The van der Waals surface area contributed by atoms with Crippen LogP contribution in [0.25, 0.3) is 0 Å². The van der Waals surface area contributed by atoms with Crippen molar-refractivity contribution in [2.75, 3.05) is 13.2 Å². The molecule has 0 fully saturated rings. The van der Waals surface area contributed by atoms with Crippen LogP contribution in [0.4, 0.5) is 0 Å². The SMILES string of the molecule is CCNC1CCCc2c(OC/C(C)=C/Cl)cccc21. The molecule has 0 bridgehead atoms. The van der Waals surface area contributed by atoms with Crippen molar-refractivity contribution < 1.29 is 4.74 Å². The fraction of sp³-hybridized carbons (Fsp3) is 0.500. The molecule has 0 heterocycles. The lowest BCUT2D eigenvalue weighted by atomic mass is 9.87. The number of rotatable bonds is 5. The van der Waals surface area contributed by atoms with E-state index < -0.39 is 0 Å². The summed E-state index contributed by atoms with van der Waals surface area (Å²) in [5.41, 5.74) is 5.38. The van der Waals surface area contributed by atoms with Crippen molar-refractivity contribution in [2.24, 2.45) is 0 Å². The Morgan fingerprint density at radius 3 is 3.11 bits per heavy atom. The van der Waals surface area contributed by atoms with Crippen LogP contribution in [0.2, 0.25) is 0 Å². The molecule has 0 saturated heterocycles. The molecule has 1 aliphatic carbocycles. The molecule has 1 aliphatic rings. The Kier molecular flexibility index (Phi) is 5.29. The minimum absolute atomic E-state index is 0.474. The maximum Gasteiger partial charge on any atom is 0.123 e. The van der Waals surface area contributed by atoms with Gasteiger partial charge in [-0.3, -0.25) is 0 Å². The fourth-order valence-corrected chi connectivity index (χ4v) is 2.69. The van der Waals surface area contributed by atoms with Gasteiger partial charge in [-0.1, -0.05) is 30.7 Å². The van der Waals surface area contributed by atoms with Gasteiger partial charge >= 0.3 is 0 Å². The van der Waals surface area contributed by atoms with E-state index in [0.717, 1.165) is 24.3 Å². The predicted molar refractivity (Wildman–Crippen MR) is 80.9 cm³/mol. The summed E-state index contributed by atoms with van der Waals surface area (Å²) < 4.78 is 5.90. The van der Waals surface area contributed by atoms with Gasteiger partial charge in [0, 0.05) is 11.6 Å².